The molecule has 0 aliphatic heterocycles. The van der Waals surface area contributed by atoms with Crippen LogP contribution < -0.4 is 16.1 Å². The minimum Gasteiger partial charge on any atom is -0.338 e. The van der Waals surface area contributed by atoms with Gasteiger partial charge in [0.1, 0.15) is 0 Å². The van der Waals surface area contributed by atoms with E-state index < -0.39 is 5.91 Å². The maximum atomic E-state index is 12.3. The quantitative estimate of drug-likeness (QED) is 0.127. The molecule has 0 fully saturated rings. The summed E-state index contributed by atoms with van der Waals surface area (Å²) in [5.74, 6) is 0.308. The number of hydroxylamine groups is 1. The third kappa shape index (κ3) is 10.3. The average Bonchev–Trinajstić information content (AvgIpc) is 2.73. The summed E-state index contributed by atoms with van der Waals surface area (Å²) in [6.07, 6.45) is 5.96. The van der Waals surface area contributed by atoms with Crippen LogP contribution in [0, 0.1) is 0 Å². The molecule has 8 heteroatoms. The van der Waals surface area contributed by atoms with E-state index in [-0.39, 0.29) is 6.03 Å². The molecule has 162 valence electrons. The van der Waals surface area contributed by atoms with Gasteiger partial charge in [0.15, 0.2) is 0 Å². The van der Waals surface area contributed by atoms with Crippen LogP contribution in [-0.2, 0) is 4.79 Å². The van der Waals surface area contributed by atoms with E-state index in [1.807, 2.05) is 18.2 Å². The van der Waals surface area contributed by atoms with E-state index in [0.717, 1.165) is 55.1 Å². The predicted molar refractivity (Wildman–Crippen MR) is 120 cm³/mol. The van der Waals surface area contributed by atoms with Crippen molar-refractivity contribution < 1.29 is 14.8 Å². The second-order valence-corrected chi connectivity index (χ2v) is 7.67. The van der Waals surface area contributed by atoms with Crippen molar-refractivity contribution in [2.24, 2.45) is 0 Å². The SMILES string of the molecule is CCCCCNC(=O)Nc1cc(/C=C/C(=O)NO)ccc1SCCN(CC)CC. The van der Waals surface area contributed by atoms with Gasteiger partial charge in [0.25, 0.3) is 5.91 Å². The first-order chi connectivity index (χ1) is 14.0. The van der Waals surface area contributed by atoms with Gasteiger partial charge in [-0.25, -0.2) is 10.3 Å². The third-order valence-corrected chi connectivity index (χ3v) is 5.47. The van der Waals surface area contributed by atoms with Crippen LogP contribution in [0.2, 0.25) is 0 Å². The molecule has 0 spiro atoms. The number of urea groups is 1. The molecular formula is C21H34N4O3S. The molecule has 0 heterocycles. The van der Waals surface area contributed by atoms with Crippen LogP contribution in [0.5, 0.6) is 0 Å². The minimum absolute atomic E-state index is 0.235. The number of nitrogens with zero attached hydrogens (tertiary/aromatic N) is 1. The standard InChI is InChI=1S/C21H34N4O3S/c1-4-7-8-13-22-21(27)23-18-16-17(10-12-20(26)24-28)9-11-19(18)29-15-14-25(5-2)6-3/h9-12,16,28H,4-8,13-15H2,1-3H3,(H,24,26)(H2,22,23,27)/b12-10+. The fourth-order valence-corrected chi connectivity index (χ4v) is 3.65. The van der Waals surface area contributed by atoms with Gasteiger partial charge in [-0.15, -0.1) is 11.8 Å². The van der Waals surface area contributed by atoms with Gasteiger partial charge >= 0.3 is 6.03 Å². The number of anilines is 1. The number of carbonyl (C=O) groups excluding carboxylic acids is 2. The van der Waals surface area contributed by atoms with Crippen molar-refractivity contribution in [1.29, 1.82) is 0 Å². The predicted octanol–water partition coefficient (Wildman–Crippen LogP) is 3.95. The molecule has 0 unspecified atom stereocenters. The first-order valence-electron chi connectivity index (χ1n) is 10.2. The zero-order valence-electron chi connectivity index (χ0n) is 17.7. The Kier molecular flexibility index (Phi) is 12.8. The van der Waals surface area contributed by atoms with Crippen LogP contribution in [0.25, 0.3) is 6.08 Å². The lowest BCUT2D eigenvalue weighted by Gasteiger charge is -2.18. The molecular weight excluding hydrogens is 388 g/mol. The fourth-order valence-electron chi connectivity index (χ4n) is 2.65. The average molecular weight is 423 g/mol. The molecule has 0 aromatic heterocycles. The summed E-state index contributed by atoms with van der Waals surface area (Å²) < 4.78 is 0. The molecule has 7 nitrogen and oxygen atoms in total. The highest BCUT2D eigenvalue weighted by molar-refractivity contribution is 7.99. The van der Waals surface area contributed by atoms with Crippen LogP contribution in [0.4, 0.5) is 10.5 Å². The number of thioether (sulfide) groups is 1. The number of benzene rings is 1. The van der Waals surface area contributed by atoms with Crippen molar-refractivity contribution in [3.05, 3.63) is 29.8 Å². The van der Waals surface area contributed by atoms with Gasteiger partial charge in [0.05, 0.1) is 5.69 Å². The Balaban J connectivity index is 2.84. The van der Waals surface area contributed by atoms with Crippen LogP contribution in [0.3, 0.4) is 0 Å². The summed E-state index contributed by atoms with van der Waals surface area (Å²) in [7, 11) is 0. The lowest BCUT2D eigenvalue weighted by molar-refractivity contribution is -0.124. The molecule has 0 atom stereocenters. The second-order valence-electron chi connectivity index (χ2n) is 6.53. The number of hydrogen-bond donors (Lipinski definition) is 4. The number of nitrogens with one attached hydrogen (secondary N) is 3. The molecule has 0 saturated carbocycles. The maximum Gasteiger partial charge on any atom is 0.319 e. The highest BCUT2D eigenvalue weighted by Crippen LogP contribution is 2.29. The van der Waals surface area contributed by atoms with Crippen LogP contribution in [-0.4, -0.2) is 54.0 Å². The zero-order valence-corrected chi connectivity index (χ0v) is 18.5. The Labute approximate surface area is 178 Å². The van der Waals surface area contributed by atoms with Gasteiger partial charge in [0.2, 0.25) is 0 Å². The zero-order chi connectivity index (χ0) is 21.5. The molecule has 1 aromatic carbocycles. The van der Waals surface area contributed by atoms with E-state index in [0.29, 0.717) is 12.2 Å². The molecule has 0 aliphatic carbocycles. The molecule has 0 aliphatic rings. The van der Waals surface area contributed by atoms with E-state index in [1.165, 1.54) is 6.08 Å². The Hall–Kier alpha value is -2.03. The third-order valence-electron chi connectivity index (χ3n) is 4.41. The van der Waals surface area contributed by atoms with Crippen LogP contribution in [0.1, 0.15) is 45.6 Å². The van der Waals surface area contributed by atoms with Gasteiger partial charge < -0.3 is 15.5 Å². The Morgan fingerprint density at radius 1 is 1.17 bits per heavy atom. The summed E-state index contributed by atoms with van der Waals surface area (Å²) in [6.45, 7) is 10.1. The van der Waals surface area contributed by atoms with E-state index in [9.17, 15) is 9.59 Å². The summed E-state index contributed by atoms with van der Waals surface area (Å²) in [6, 6.07) is 5.41. The Morgan fingerprint density at radius 3 is 2.59 bits per heavy atom. The molecule has 29 heavy (non-hydrogen) atoms. The molecule has 1 aromatic rings. The highest BCUT2D eigenvalue weighted by atomic mass is 32.2. The van der Waals surface area contributed by atoms with Crippen molar-refractivity contribution in [3.8, 4) is 0 Å². The largest absolute Gasteiger partial charge is 0.338 e. The van der Waals surface area contributed by atoms with Gasteiger partial charge in [-0.3, -0.25) is 10.0 Å². The summed E-state index contributed by atoms with van der Waals surface area (Å²) >= 11 is 1.69. The Bertz CT molecular complexity index is 663. The summed E-state index contributed by atoms with van der Waals surface area (Å²) in [5, 5.41) is 14.4. The summed E-state index contributed by atoms with van der Waals surface area (Å²) in [5.41, 5.74) is 3.02. The van der Waals surface area contributed by atoms with Gasteiger partial charge in [-0.2, -0.15) is 0 Å². The monoisotopic (exact) mass is 422 g/mol. The van der Waals surface area contributed by atoms with E-state index in [4.69, 9.17) is 5.21 Å². The van der Waals surface area contributed by atoms with Crippen molar-refractivity contribution in [3.63, 3.8) is 0 Å². The maximum absolute atomic E-state index is 12.3. The lowest BCUT2D eigenvalue weighted by atomic mass is 10.2. The van der Waals surface area contributed by atoms with Crippen molar-refractivity contribution in [2.45, 2.75) is 44.9 Å². The molecule has 0 radical (unpaired) electrons. The van der Waals surface area contributed by atoms with E-state index in [2.05, 4.69) is 36.3 Å². The highest BCUT2D eigenvalue weighted by Gasteiger charge is 2.09. The smallest absolute Gasteiger partial charge is 0.319 e. The van der Waals surface area contributed by atoms with Gasteiger partial charge in [0, 0.05) is 29.8 Å². The molecule has 0 saturated heterocycles. The molecule has 1 rings (SSSR count). The molecule has 3 amide bonds. The number of amides is 3. The first-order valence-corrected chi connectivity index (χ1v) is 11.2. The van der Waals surface area contributed by atoms with Gasteiger partial charge in [-0.05, 0) is 43.3 Å². The van der Waals surface area contributed by atoms with Crippen LogP contribution in [0.15, 0.2) is 29.2 Å². The number of hydrogen-bond acceptors (Lipinski definition) is 5. The molecule has 4 N–H and O–H groups in total. The van der Waals surface area contributed by atoms with Crippen molar-refractivity contribution >= 4 is 35.5 Å². The fraction of sp³-hybridized carbons (Fsp3) is 0.524. The Morgan fingerprint density at radius 2 is 1.93 bits per heavy atom. The molecule has 0 bridgehead atoms. The van der Waals surface area contributed by atoms with E-state index >= 15 is 0 Å². The lowest BCUT2D eigenvalue weighted by Crippen LogP contribution is -2.29. The van der Waals surface area contributed by atoms with Crippen molar-refractivity contribution in [2.75, 3.05) is 37.2 Å². The van der Waals surface area contributed by atoms with Crippen molar-refractivity contribution in [1.82, 2.24) is 15.7 Å². The number of unbranched alkanes of at least 4 members (excludes halogenated alkanes) is 2. The number of rotatable bonds is 13. The number of carbonyl (C=O) groups is 2. The first kappa shape index (κ1) is 25.0. The second kappa shape index (κ2) is 14.9. The normalized spacial score (nSPS) is 11.1. The summed E-state index contributed by atoms with van der Waals surface area (Å²) in [4.78, 5) is 26.8. The van der Waals surface area contributed by atoms with Gasteiger partial charge in [-0.1, -0.05) is 39.7 Å². The minimum atomic E-state index is -0.606. The van der Waals surface area contributed by atoms with Crippen LogP contribution >= 0.6 is 11.8 Å². The topological polar surface area (TPSA) is 93.7 Å². The van der Waals surface area contributed by atoms with E-state index in [1.54, 1.807) is 23.3 Å².